The molecule has 0 aromatic rings. The number of hydrogen-bond acceptors (Lipinski definition) is 1. The molecule has 0 fully saturated rings. The fourth-order valence-corrected chi connectivity index (χ4v) is 2.62. The van der Waals surface area contributed by atoms with Crippen LogP contribution in [0.25, 0.3) is 0 Å². The molecule has 0 unspecified atom stereocenters. The Morgan fingerprint density at radius 1 is 0.625 bits per heavy atom. The number of hydrogen-bond donors (Lipinski definition) is 1. The number of carbonyl (C=O) groups excluding carboxylic acids is 1. The van der Waals surface area contributed by atoms with Crippen molar-refractivity contribution in [3.63, 3.8) is 0 Å². The van der Waals surface area contributed by atoms with Crippen LogP contribution in [0.1, 0.15) is 104 Å². The molecule has 0 rings (SSSR count). The minimum Gasteiger partial charge on any atom is -0.370 e. The molecule has 0 heterocycles. The fraction of sp³-hybridized carbons (Fsp3) is 0.944. The molecule has 6 heteroatoms. The molecule has 2 N–H and O–H groups in total. The Balaban J connectivity index is -0.000000301. The summed E-state index contributed by atoms with van der Waals surface area (Å²) < 4.78 is 0. The largest absolute Gasteiger partial charge is 0.370 e. The zero-order chi connectivity index (χ0) is 15.1. The van der Waals surface area contributed by atoms with E-state index >= 15 is 0 Å². The van der Waals surface area contributed by atoms with Crippen molar-refractivity contribution in [3.8, 4) is 0 Å². The van der Waals surface area contributed by atoms with Crippen LogP contribution in [-0.2, 0) is 4.79 Å². The second kappa shape index (κ2) is 31.2. The Labute approximate surface area is 240 Å². The number of rotatable bonds is 15. The average molecular weight is 375 g/mol. The minimum absolute atomic E-state index is 0. The van der Waals surface area contributed by atoms with Crippen molar-refractivity contribution in [1.82, 2.24) is 0 Å². The van der Waals surface area contributed by atoms with Gasteiger partial charge in [-0.3, -0.25) is 4.79 Å². The van der Waals surface area contributed by atoms with E-state index in [0.717, 1.165) is 12.3 Å². The quantitative estimate of drug-likeness (QED) is 0.340. The van der Waals surface area contributed by atoms with Crippen molar-refractivity contribution in [3.05, 3.63) is 0 Å². The SMILES string of the molecule is CC(C)CCCCCCCCCCCCCCC(N)=O.[Na].[Na].[Na].[Na]. The third-order valence-corrected chi connectivity index (χ3v) is 3.95. The summed E-state index contributed by atoms with van der Waals surface area (Å²) in [6, 6.07) is 0. The second-order valence-corrected chi connectivity index (χ2v) is 6.64. The Bertz CT molecular complexity index is 229. The van der Waals surface area contributed by atoms with Gasteiger partial charge in [0.15, 0.2) is 0 Å². The van der Waals surface area contributed by atoms with Crippen LogP contribution in [0.3, 0.4) is 0 Å². The number of amides is 1. The van der Waals surface area contributed by atoms with Gasteiger partial charge in [-0.1, -0.05) is 90.9 Å². The molecular formula is C18H37NNa4O. The standard InChI is InChI=1S/C18H37NO.4Na/c1-17(2)15-13-11-9-7-5-3-4-6-8-10-12-14-16-18(19)20;;;;/h17H,3-16H2,1-2H3,(H2,19,20);;;;. The van der Waals surface area contributed by atoms with Crippen molar-refractivity contribution < 1.29 is 4.79 Å². The van der Waals surface area contributed by atoms with Crippen LogP contribution in [0, 0.1) is 5.92 Å². The van der Waals surface area contributed by atoms with E-state index in [4.69, 9.17) is 5.73 Å². The van der Waals surface area contributed by atoms with Gasteiger partial charge in [0.05, 0.1) is 0 Å². The van der Waals surface area contributed by atoms with Crippen LogP contribution in [-0.4, -0.2) is 124 Å². The maximum atomic E-state index is 10.6. The number of primary amides is 1. The summed E-state index contributed by atoms with van der Waals surface area (Å²) in [5.41, 5.74) is 5.11. The second-order valence-electron chi connectivity index (χ2n) is 6.64. The minimum atomic E-state index is -0.154. The van der Waals surface area contributed by atoms with Crippen LogP contribution >= 0.6 is 0 Å². The first-order valence-corrected chi connectivity index (χ1v) is 8.91. The molecule has 24 heavy (non-hydrogen) atoms. The molecule has 0 atom stereocenters. The summed E-state index contributed by atoms with van der Waals surface area (Å²) in [6.45, 7) is 4.63. The zero-order valence-corrected chi connectivity index (χ0v) is 26.0. The van der Waals surface area contributed by atoms with Gasteiger partial charge in [-0.25, -0.2) is 0 Å². The first kappa shape index (κ1) is 38.1. The molecule has 0 aromatic carbocycles. The summed E-state index contributed by atoms with van der Waals surface area (Å²) in [4.78, 5) is 10.6. The normalized spacial score (nSPS) is 9.29. The van der Waals surface area contributed by atoms with E-state index in [2.05, 4.69) is 13.8 Å². The predicted molar refractivity (Wildman–Crippen MR) is 112 cm³/mol. The van der Waals surface area contributed by atoms with Crippen LogP contribution in [0.5, 0.6) is 0 Å². The zero-order valence-electron chi connectivity index (χ0n) is 18.0. The van der Waals surface area contributed by atoms with Gasteiger partial charge in [0.25, 0.3) is 0 Å². The number of nitrogens with two attached hydrogens (primary N) is 1. The molecule has 2 nitrogen and oxygen atoms in total. The molecular weight excluding hydrogens is 338 g/mol. The van der Waals surface area contributed by atoms with Gasteiger partial charge in [-0.05, 0) is 12.3 Å². The van der Waals surface area contributed by atoms with Gasteiger partial charge >= 0.3 is 0 Å². The average Bonchev–Trinajstić information content (AvgIpc) is 2.38. The monoisotopic (exact) mass is 375 g/mol. The van der Waals surface area contributed by atoms with Gasteiger partial charge in [0.1, 0.15) is 0 Å². The molecule has 0 aliphatic carbocycles. The maximum Gasteiger partial charge on any atom is 0.217 e. The van der Waals surface area contributed by atoms with Crippen LogP contribution in [0.2, 0.25) is 0 Å². The van der Waals surface area contributed by atoms with E-state index in [1.165, 1.54) is 77.0 Å². The Morgan fingerprint density at radius 2 is 0.917 bits per heavy atom. The Morgan fingerprint density at radius 3 is 1.21 bits per heavy atom. The van der Waals surface area contributed by atoms with Crippen LogP contribution in [0.15, 0.2) is 0 Å². The van der Waals surface area contributed by atoms with Gasteiger partial charge < -0.3 is 5.73 Å². The first-order chi connectivity index (χ1) is 9.63. The van der Waals surface area contributed by atoms with Gasteiger partial charge in [-0.2, -0.15) is 0 Å². The van der Waals surface area contributed by atoms with Gasteiger partial charge in [0.2, 0.25) is 5.91 Å². The topological polar surface area (TPSA) is 43.1 Å². The van der Waals surface area contributed by atoms with E-state index in [1.807, 2.05) is 0 Å². The summed E-state index contributed by atoms with van der Waals surface area (Å²) in [6.07, 6.45) is 18.0. The number of unbranched alkanes of at least 4 members (excludes halogenated alkanes) is 11. The fourth-order valence-electron chi connectivity index (χ4n) is 2.62. The predicted octanol–water partition coefficient (Wildman–Crippen LogP) is 4.07. The molecule has 0 saturated carbocycles. The summed E-state index contributed by atoms with van der Waals surface area (Å²) in [5, 5.41) is 0. The van der Waals surface area contributed by atoms with Crippen molar-refractivity contribution in [2.75, 3.05) is 0 Å². The molecule has 0 spiro atoms. The van der Waals surface area contributed by atoms with Gasteiger partial charge in [0, 0.05) is 125 Å². The molecule has 0 aliphatic heterocycles. The van der Waals surface area contributed by atoms with E-state index in [0.29, 0.717) is 6.42 Å². The van der Waals surface area contributed by atoms with E-state index in [9.17, 15) is 4.79 Å². The maximum absolute atomic E-state index is 10.6. The van der Waals surface area contributed by atoms with Crippen molar-refractivity contribution in [2.24, 2.45) is 11.7 Å². The van der Waals surface area contributed by atoms with Crippen molar-refractivity contribution in [1.29, 1.82) is 0 Å². The van der Waals surface area contributed by atoms with E-state index in [-0.39, 0.29) is 124 Å². The summed E-state index contributed by atoms with van der Waals surface area (Å²) in [5.74, 6) is 0.719. The Kier molecular flexibility index (Phi) is 49.5. The smallest absolute Gasteiger partial charge is 0.217 e. The summed E-state index contributed by atoms with van der Waals surface area (Å²) in [7, 11) is 0. The molecule has 0 aliphatic rings. The molecule has 0 aromatic heterocycles. The summed E-state index contributed by atoms with van der Waals surface area (Å²) >= 11 is 0. The van der Waals surface area contributed by atoms with Crippen molar-refractivity contribution >= 4 is 124 Å². The third-order valence-electron chi connectivity index (χ3n) is 3.95. The van der Waals surface area contributed by atoms with Crippen molar-refractivity contribution in [2.45, 2.75) is 104 Å². The molecule has 124 valence electrons. The van der Waals surface area contributed by atoms with E-state index < -0.39 is 0 Å². The van der Waals surface area contributed by atoms with Gasteiger partial charge in [-0.15, -0.1) is 0 Å². The third kappa shape index (κ3) is 36.4. The first-order valence-electron chi connectivity index (χ1n) is 8.91. The Hall–Kier alpha value is 3.47. The number of carbonyl (C=O) groups is 1. The van der Waals surface area contributed by atoms with Crippen LogP contribution < -0.4 is 5.73 Å². The molecule has 4 radical (unpaired) electrons. The van der Waals surface area contributed by atoms with Crippen LogP contribution in [0.4, 0.5) is 0 Å². The molecule has 0 saturated heterocycles. The van der Waals surface area contributed by atoms with E-state index in [1.54, 1.807) is 0 Å². The molecule has 1 amide bonds. The molecule has 0 bridgehead atoms.